The van der Waals surface area contributed by atoms with Gasteiger partial charge < -0.3 is 29.4 Å². The van der Waals surface area contributed by atoms with E-state index in [-0.39, 0.29) is 50.4 Å². The quantitative estimate of drug-likeness (QED) is 0.193. The van der Waals surface area contributed by atoms with E-state index < -0.39 is 29.6 Å². The molecule has 0 saturated heterocycles. The third kappa shape index (κ3) is 13.8. The first kappa shape index (κ1) is 34.9. The standard InChI is InChI=1S/C30H47NO9/c1-20(2)8-12-26(32)39-24-11-10-23(18-25(24)40-27(33)13-9-21(3)4)19-30(31,28(34)36-7)15-17-38-29(35)37-16-14-22(5)6/h10-11,18,20-22H,8-9,12-17,19,31H2,1-7H3/t30-/m1/s1. The fourth-order valence-electron chi connectivity index (χ4n) is 3.55. The lowest BCUT2D eigenvalue weighted by Crippen LogP contribution is -2.51. The molecule has 0 heterocycles. The van der Waals surface area contributed by atoms with Crippen molar-refractivity contribution in [3.8, 4) is 11.5 Å². The third-order valence-electron chi connectivity index (χ3n) is 6.10. The molecule has 0 spiro atoms. The summed E-state index contributed by atoms with van der Waals surface area (Å²) in [6, 6.07) is 4.65. The van der Waals surface area contributed by atoms with Gasteiger partial charge >= 0.3 is 24.1 Å². The van der Waals surface area contributed by atoms with Crippen molar-refractivity contribution in [1.29, 1.82) is 0 Å². The van der Waals surface area contributed by atoms with Crippen LogP contribution in [0, 0.1) is 17.8 Å². The molecule has 0 radical (unpaired) electrons. The minimum atomic E-state index is -1.55. The number of ether oxygens (including phenoxy) is 5. The van der Waals surface area contributed by atoms with Crippen LogP contribution >= 0.6 is 0 Å². The van der Waals surface area contributed by atoms with Gasteiger partial charge in [-0.05, 0) is 54.7 Å². The number of hydrogen-bond acceptors (Lipinski definition) is 10. The van der Waals surface area contributed by atoms with Crippen molar-refractivity contribution in [2.45, 2.75) is 92.0 Å². The number of carbonyl (C=O) groups excluding carboxylic acids is 4. The summed E-state index contributed by atoms with van der Waals surface area (Å²) in [5.41, 5.74) is 5.40. The first-order chi connectivity index (χ1) is 18.7. The zero-order valence-corrected chi connectivity index (χ0v) is 25.1. The summed E-state index contributed by atoms with van der Waals surface area (Å²) in [4.78, 5) is 49.4. The molecule has 0 aliphatic carbocycles. The molecule has 1 aromatic carbocycles. The van der Waals surface area contributed by atoms with Crippen LogP contribution in [0.25, 0.3) is 0 Å². The SMILES string of the molecule is COC(=O)[C@@](N)(CCOC(=O)OCCC(C)C)Cc1ccc(OC(=O)CCC(C)C)c(OC(=O)CCC(C)C)c1. The summed E-state index contributed by atoms with van der Waals surface area (Å²) in [6.45, 7) is 12.1. The van der Waals surface area contributed by atoms with Gasteiger partial charge in [-0.25, -0.2) is 4.79 Å². The molecule has 2 N–H and O–H groups in total. The second-order valence-electron chi connectivity index (χ2n) is 11.3. The summed E-state index contributed by atoms with van der Waals surface area (Å²) in [7, 11) is 1.21. The van der Waals surface area contributed by atoms with E-state index in [4.69, 9.17) is 29.4 Å². The van der Waals surface area contributed by atoms with E-state index >= 15 is 0 Å². The summed E-state index contributed by atoms with van der Waals surface area (Å²) >= 11 is 0. The number of rotatable bonds is 17. The Hall–Kier alpha value is -3.14. The maximum atomic E-state index is 12.6. The van der Waals surface area contributed by atoms with E-state index in [0.29, 0.717) is 42.6 Å². The van der Waals surface area contributed by atoms with Crippen LogP contribution in [0.15, 0.2) is 18.2 Å². The largest absolute Gasteiger partial charge is 0.508 e. The predicted octanol–water partition coefficient (Wildman–Crippen LogP) is 5.37. The van der Waals surface area contributed by atoms with Crippen molar-refractivity contribution >= 4 is 24.1 Å². The number of esters is 3. The van der Waals surface area contributed by atoms with Crippen molar-refractivity contribution in [1.82, 2.24) is 0 Å². The molecule has 0 bridgehead atoms. The van der Waals surface area contributed by atoms with Gasteiger partial charge in [-0.2, -0.15) is 0 Å². The zero-order valence-electron chi connectivity index (χ0n) is 25.1. The molecule has 10 nitrogen and oxygen atoms in total. The van der Waals surface area contributed by atoms with Gasteiger partial charge in [-0.15, -0.1) is 0 Å². The zero-order chi connectivity index (χ0) is 30.3. The van der Waals surface area contributed by atoms with Crippen molar-refractivity contribution in [3.05, 3.63) is 23.8 Å². The molecule has 226 valence electrons. The topological polar surface area (TPSA) is 140 Å². The maximum Gasteiger partial charge on any atom is 0.508 e. The van der Waals surface area contributed by atoms with Crippen LogP contribution in [0.2, 0.25) is 0 Å². The molecule has 1 rings (SSSR count). The van der Waals surface area contributed by atoms with E-state index in [1.54, 1.807) is 6.07 Å². The van der Waals surface area contributed by atoms with Crippen molar-refractivity contribution < 1.29 is 42.9 Å². The molecule has 40 heavy (non-hydrogen) atoms. The van der Waals surface area contributed by atoms with Crippen molar-refractivity contribution in [2.75, 3.05) is 20.3 Å². The highest BCUT2D eigenvalue weighted by molar-refractivity contribution is 5.81. The Morgan fingerprint density at radius 1 is 0.775 bits per heavy atom. The van der Waals surface area contributed by atoms with Crippen molar-refractivity contribution in [3.63, 3.8) is 0 Å². The molecule has 0 aromatic heterocycles. The average Bonchev–Trinajstić information content (AvgIpc) is 2.87. The Morgan fingerprint density at radius 2 is 1.30 bits per heavy atom. The molecule has 0 amide bonds. The minimum absolute atomic E-state index is 0.0243. The molecule has 0 aliphatic rings. The normalized spacial score (nSPS) is 12.7. The number of nitrogens with two attached hydrogens (primary N) is 1. The van der Waals surface area contributed by atoms with Crippen LogP contribution in [-0.2, 0) is 35.0 Å². The lowest BCUT2D eigenvalue weighted by Gasteiger charge is -2.26. The van der Waals surface area contributed by atoms with Crippen LogP contribution in [-0.4, -0.2) is 49.9 Å². The fourth-order valence-corrected chi connectivity index (χ4v) is 3.55. The molecule has 0 unspecified atom stereocenters. The smallest absolute Gasteiger partial charge is 0.468 e. The van der Waals surface area contributed by atoms with Crippen LogP contribution < -0.4 is 15.2 Å². The second-order valence-corrected chi connectivity index (χ2v) is 11.3. The number of methoxy groups -OCH3 is 1. The highest BCUT2D eigenvalue weighted by Crippen LogP contribution is 2.31. The van der Waals surface area contributed by atoms with E-state index in [1.165, 1.54) is 19.2 Å². The first-order valence-corrected chi connectivity index (χ1v) is 14.0. The van der Waals surface area contributed by atoms with E-state index in [0.717, 1.165) is 0 Å². The Balaban J connectivity index is 3.07. The van der Waals surface area contributed by atoms with Gasteiger partial charge in [-0.3, -0.25) is 14.4 Å². The van der Waals surface area contributed by atoms with Gasteiger partial charge in [0.05, 0.1) is 20.3 Å². The number of hydrogen-bond donors (Lipinski definition) is 1. The third-order valence-corrected chi connectivity index (χ3v) is 6.10. The lowest BCUT2D eigenvalue weighted by molar-refractivity contribution is -0.147. The average molecular weight is 566 g/mol. The minimum Gasteiger partial charge on any atom is -0.468 e. The summed E-state index contributed by atoms with van der Waals surface area (Å²) in [5.74, 6) is -0.459. The Bertz CT molecular complexity index is 974. The second kappa shape index (κ2) is 17.5. The lowest BCUT2D eigenvalue weighted by atomic mass is 9.88. The van der Waals surface area contributed by atoms with Crippen LogP contribution in [0.4, 0.5) is 4.79 Å². The first-order valence-electron chi connectivity index (χ1n) is 14.0. The molecular formula is C30H47NO9. The van der Waals surface area contributed by atoms with Gasteiger partial charge in [0.15, 0.2) is 11.5 Å². The molecule has 10 heteroatoms. The highest BCUT2D eigenvalue weighted by Gasteiger charge is 2.36. The van der Waals surface area contributed by atoms with Crippen molar-refractivity contribution in [2.24, 2.45) is 23.5 Å². The molecule has 0 fully saturated rings. The Morgan fingerprint density at radius 3 is 1.82 bits per heavy atom. The Labute approximate surface area is 238 Å². The van der Waals surface area contributed by atoms with Gasteiger partial charge in [0.1, 0.15) is 5.54 Å². The number of carbonyl (C=O) groups is 4. The molecule has 1 aromatic rings. The summed E-state index contributed by atoms with van der Waals surface area (Å²) < 4.78 is 26.1. The molecule has 0 aliphatic heterocycles. The molecular weight excluding hydrogens is 518 g/mol. The fraction of sp³-hybridized carbons (Fsp3) is 0.667. The van der Waals surface area contributed by atoms with E-state index in [2.05, 4.69) is 0 Å². The predicted molar refractivity (Wildman–Crippen MR) is 150 cm³/mol. The Kier molecular flexibility index (Phi) is 15.3. The molecule has 0 saturated carbocycles. The summed E-state index contributed by atoms with van der Waals surface area (Å²) in [5, 5.41) is 0. The van der Waals surface area contributed by atoms with Gasteiger partial charge in [-0.1, -0.05) is 47.6 Å². The number of benzene rings is 1. The van der Waals surface area contributed by atoms with Gasteiger partial charge in [0, 0.05) is 25.7 Å². The van der Waals surface area contributed by atoms with Crippen LogP contribution in [0.1, 0.15) is 85.6 Å². The van der Waals surface area contributed by atoms with E-state index in [1.807, 2.05) is 41.5 Å². The molecule has 1 atom stereocenters. The van der Waals surface area contributed by atoms with Gasteiger partial charge in [0.25, 0.3) is 0 Å². The van der Waals surface area contributed by atoms with Gasteiger partial charge in [0.2, 0.25) is 0 Å². The van der Waals surface area contributed by atoms with Crippen LogP contribution in [0.5, 0.6) is 11.5 Å². The maximum absolute atomic E-state index is 12.6. The monoisotopic (exact) mass is 565 g/mol. The summed E-state index contributed by atoms with van der Waals surface area (Å²) in [6.07, 6.45) is 1.49. The highest BCUT2D eigenvalue weighted by atomic mass is 16.7. The van der Waals surface area contributed by atoms with E-state index in [9.17, 15) is 19.2 Å². The van der Waals surface area contributed by atoms with Crippen LogP contribution in [0.3, 0.4) is 0 Å².